The van der Waals surface area contributed by atoms with Crippen molar-refractivity contribution in [3.8, 4) is 0 Å². The number of alkyl carbamates (subject to hydrolysis) is 1. The Balaban J connectivity index is 3.35. The summed E-state index contributed by atoms with van der Waals surface area (Å²) >= 11 is 5.23. The van der Waals surface area contributed by atoms with E-state index in [0.29, 0.717) is 12.4 Å². The first kappa shape index (κ1) is 9.23. The first-order valence-electron chi connectivity index (χ1n) is 2.69. The zero-order valence-electron chi connectivity index (χ0n) is 5.52. The molecule has 0 radical (unpaired) electrons. The van der Waals surface area contributed by atoms with Gasteiger partial charge in [-0.1, -0.05) is 0 Å². The third-order valence-electron chi connectivity index (χ3n) is 0.600. The summed E-state index contributed by atoms with van der Waals surface area (Å²) < 4.78 is 4.10. The zero-order valence-corrected chi connectivity index (χ0v) is 6.27. The smallest absolute Gasteiger partial charge is 0.377 e. The predicted molar refractivity (Wildman–Crippen MR) is 35.9 cm³/mol. The minimum Gasteiger partial charge on any atom is -0.377 e. The largest absolute Gasteiger partial charge is 0.414 e. The minimum absolute atomic E-state index is 0.299. The van der Waals surface area contributed by atoms with Gasteiger partial charge in [0, 0.05) is 19.3 Å². The maximum atomic E-state index is 10.4. The van der Waals surface area contributed by atoms with Crippen molar-refractivity contribution in [2.75, 3.05) is 12.4 Å². The molecule has 0 rings (SSSR count). The molecule has 5 heteroatoms. The average Bonchev–Trinajstić information content (AvgIpc) is 1.82. The second-order valence-corrected chi connectivity index (χ2v) is 1.87. The number of nitrogens with one attached hydrogen (secondary N) is 1. The van der Waals surface area contributed by atoms with Crippen LogP contribution in [0.2, 0.25) is 0 Å². The second-order valence-electron chi connectivity index (χ2n) is 1.50. The molecule has 0 atom stereocenters. The molecule has 0 aromatic carbocycles. The third kappa shape index (κ3) is 5.37. The molecule has 0 saturated heterocycles. The lowest BCUT2D eigenvalue weighted by molar-refractivity contribution is -0.134. The van der Waals surface area contributed by atoms with Crippen molar-refractivity contribution in [1.82, 2.24) is 5.32 Å². The molecule has 1 N–H and O–H groups in total. The number of ether oxygens (including phenoxy) is 1. The van der Waals surface area contributed by atoms with Crippen LogP contribution in [-0.2, 0) is 9.53 Å². The quantitative estimate of drug-likeness (QED) is 0.368. The highest BCUT2D eigenvalue weighted by Crippen LogP contribution is 1.78. The topological polar surface area (TPSA) is 55.4 Å². The van der Waals surface area contributed by atoms with Gasteiger partial charge >= 0.3 is 12.1 Å². The van der Waals surface area contributed by atoms with Gasteiger partial charge in [-0.3, -0.25) is 4.79 Å². The predicted octanol–water partition coefficient (Wildman–Crippen LogP) is 0.498. The van der Waals surface area contributed by atoms with Gasteiger partial charge in [0.25, 0.3) is 0 Å². The number of carbonyl (C=O) groups excluding carboxylic acids is 2. The maximum absolute atomic E-state index is 10.4. The van der Waals surface area contributed by atoms with Crippen molar-refractivity contribution >= 4 is 23.7 Å². The van der Waals surface area contributed by atoms with Crippen molar-refractivity contribution < 1.29 is 14.3 Å². The van der Waals surface area contributed by atoms with Gasteiger partial charge in [0.15, 0.2) is 0 Å². The summed E-state index contributed by atoms with van der Waals surface area (Å²) in [6.45, 7) is 1.45. The molecule has 0 aromatic rings. The highest BCUT2D eigenvalue weighted by Gasteiger charge is 2.02. The van der Waals surface area contributed by atoms with Crippen LogP contribution in [0.3, 0.4) is 0 Å². The van der Waals surface area contributed by atoms with Crippen LogP contribution in [0.25, 0.3) is 0 Å². The van der Waals surface area contributed by atoms with Crippen LogP contribution >= 0.6 is 11.6 Å². The summed E-state index contributed by atoms with van der Waals surface area (Å²) in [5.74, 6) is -0.334. The number of rotatable bonds is 2. The van der Waals surface area contributed by atoms with Crippen LogP contribution in [0, 0.1) is 0 Å². The number of carbonyl (C=O) groups is 2. The molecule has 10 heavy (non-hydrogen) atoms. The van der Waals surface area contributed by atoms with Crippen LogP contribution < -0.4 is 5.32 Å². The SMILES string of the molecule is CC(=O)OC(=O)NCCCl. The molecule has 0 bridgehead atoms. The molecule has 0 heterocycles. The molecular weight excluding hydrogens is 158 g/mol. The Labute approximate surface area is 63.5 Å². The molecule has 0 aliphatic rings. The van der Waals surface area contributed by atoms with Crippen LogP contribution in [0.15, 0.2) is 0 Å². The van der Waals surface area contributed by atoms with E-state index in [1.165, 1.54) is 0 Å². The summed E-state index contributed by atoms with van der Waals surface area (Å²) in [5.41, 5.74) is 0. The second kappa shape index (κ2) is 5.05. The average molecular weight is 166 g/mol. The van der Waals surface area contributed by atoms with Crippen LogP contribution in [-0.4, -0.2) is 24.5 Å². The number of amides is 1. The van der Waals surface area contributed by atoms with E-state index in [0.717, 1.165) is 6.92 Å². The van der Waals surface area contributed by atoms with Crippen molar-refractivity contribution in [1.29, 1.82) is 0 Å². The number of esters is 1. The molecule has 0 saturated carbocycles. The van der Waals surface area contributed by atoms with Gasteiger partial charge in [-0.15, -0.1) is 11.6 Å². The molecule has 0 fully saturated rings. The lowest BCUT2D eigenvalue weighted by atomic mass is 10.7. The van der Waals surface area contributed by atoms with Crippen molar-refractivity contribution in [2.24, 2.45) is 0 Å². The van der Waals surface area contributed by atoms with Gasteiger partial charge in [0.05, 0.1) is 0 Å². The summed E-state index contributed by atoms with van der Waals surface area (Å²) in [4.78, 5) is 20.5. The third-order valence-corrected chi connectivity index (χ3v) is 0.789. The van der Waals surface area contributed by atoms with Gasteiger partial charge in [-0.25, -0.2) is 4.79 Å². The summed E-state index contributed by atoms with van der Waals surface area (Å²) in [6.07, 6.45) is -0.756. The Morgan fingerprint density at radius 2 is 2.20 bits per heavy atom. The van der Waals surface area contributed by atoms with Gasteiger partial charge in [-0.05, 0) is 0 Å². The van der Waals surface area contributed by atoms with E-state index in [1.54, 1.807) is 0 Å². The highest BCUT2D eigenvalue weighted by atomic mass is 35.5. The number of hydrogen-bond donors (Lipinski definition) is 1. The van der Waals surface area contributed by atoms with Gasteiger partial charge in [-0.2, -0.15) is 0 Å². The van der Waals surface area contributed by atoms with Gasteiger partial charge in [0.2, 0.25) is 0 Å². The molecular formula is C5H8ClNO3. The standard InChI is InChI=1S/C5H8ClNO3/c1-4(8)10-5(9)7-3-2-6/h2-3H2,1H3,(H,7,9). The molecule has 1 amide bonds. The lowest BCUT2D eigenvalue weighted by Crippen LogP contribution is -2.27. The van der Waals surface area contributed by atoms with E-state index < -0.39 is 12.1 Å². The molecule has 0 aromatic heterocycles. The fraction of sp³-hybridized carbons (Fsp3) is 0.600. The fourth-order valence-corrected chi connectivity index (χ4v) is 0.410. The van der Waals surface area contributed by atoms with E-state index in [4.69, 9.17) is 11.6 Å². The van der Waals surface area contributed by atoms with E-state index >= 15 is 0 Å². The van der Waals surface area contributed by atoms with Gasteiger partial charge in [0.1, 0.15) is 0 Å². The van der Waals surface area contributed by atoms with E-state index in [9.17, 15) is 9.59 Å². The van der Waals surface area contributed by atoms with Crippen molar-refractivity contribution in [3.63, 3.8) is 0 Å². The number of halogens is 1. The normalized spacial score (nSPS) is 8.60. The van der Waals surface area contributed by atoms with Crippen molar-refractivity contribution in [2.45, 2.75) is 6.92 Å². The van der Waals surface area contributed by atoms with E-state index in [1.807, 2.05) is 0 Å². The van der Waals surface area contributed by atoms with Gasteiger partial charge < -0.3 is 10.1 Å². The first-order chi connectivity index (χ1) is 4.66. The summed E-state index contributed by atoms with van der Waals surface area (Å²) in [7, 11) is 0. The molecule has 0 aliphatic carbocycles. The summed E-state index contributed by atoms with van der Waals surface area (Å²) in [6, 6.07) is 0. The van der Waals surface area contributed by atoms with E-state index in [2.05, 4.69) is 10.1 Å². The number of hydrogen-bond acceptors (Lipinski definition) is 3. The Kier molecular flexibility index (Phi) is 4.66. The molecule has 0 spiro atoms. The van der Waals surface area contributed by atoms with Crippen molar-refractivity contribution in [3.05, 3.63) is 0 Å². The minimum atomic E-state index is -0.756. The Hall–Kier alpha value is -0.770. The molecule has 4 nitrogen and oxygen atoms in total. The number of alkyl halides is 1. The van der Waals surface area contributed by atoms with Crippen LogP contribution in [0.4, 0.5) is 4.79 Å². The molecule has 58 valence electrons. The Morgan fingerprint density at radius 1 is 1.60 bits per heavy atom. The maximum Gasteiger partial charge on any atom is 0.414 e. The first-order valence-corrected chi connectivity index (χ1v) is 3.22. The van der Waals surface area contributed by atoms with Crippen LogP contribution in [0.5, 0.6) is 0 Å². The fourth-order valence-electron chi connectivity index (χ4n) is 0.316. The Bertz CT molecular complexity index is 137. The van der Waals surface area contributed by atoms with E-state index in [-0.39, 0.29) is 0 Å². The van der Waals surface area contributed by atoms with Crippen LogP contribution in [0.1, 0.15) is 6.92 Å². The highest BCUT2D eigenvalue weighted by molar-refractivity contribution is 6.18. The molecule has 0 aliphatic heterocycles. The zero-order chi connectivity index (χ0) is 7.98. The molecule has 0 unspecified atom stereocenters. The monoisotopic (exact) mass is 165 g/mol. The lowest BCUT2D eigenvalue weighted by Gasteiger charge is -1.99. The summed E-state index contributed by atoms with van der Waals surface area (Å²) in [5, 5.41) is 2.25. The Morgan fingerprint density at radius 3 is 2.60 bits per heavy atom.